The van der Waals surface area contributed by atoms with E-state index in [9.17, 15) is 8.42 Å². The van der Waals surface area contributed by atoms with Gasteiger partial charge < -0.3 is 4.52 Å². The zero-order valence-corrected chi connectivity index (χ0v) is 14.8. The Labute approximate surface area is 155 Å². The quantitative estimate of drug-likeness (QED) is 0.570. The minimum atomic E-state index is -3.74. The molecule has 8 heteroatoms. The molecule has 2 aromatic heterocycles. The molecule has 0 saturated carbocycles. The van der Waals surface area contributed by atoms with Crippen LogP contribution in [0.1, 0.15) is 0 Å². The lowest BCUT2D eigenvalue weighted by molar-refractivity contribution is 0.432. The summed E-state index contributed by atoms with van der Waals surface area (Å²) in [7, 11) is -3.74. The number of aromatic nitrogens is 3. The molecule has 0 bridgehead atoms. The van der Waals surface area contributed by atoms with E-state index in [0.29, 0.717) is 22.6 Å². The fourth-order valence-corrected chi connectivity index (χ4v) is 3.61. The molecular weight excluding hydrogens is 364 g/mol. The third kappa shape index (κ3) is 3.56. The summed E-state index contributed by atoms with van der Waals surface area (Å²) in [4.78, 5) is 8.56. The van der Waals surface area contributed by atoms with E-state index < -0.39 is 10.0 Å². The smallest absolute Gasteiger partial charge is 0.261 e. The summed E-state index contributed by atoms with van der Waals surface area (Å²) in [5, 5.41) is 3.96. The number of para-hydroxylation sites is 1. The summed E-state index contributed by atoms with van der Waals surface area (Å²) in [6.45, 7) is 0. The van der Waals surface area contributed by atoms with Gasteiger partial charge in [-0.15, -0.1) is 0 Å². The maximum absolute atomic E-state index is 12.6. The van der Waals surface area contributed by atoms with Crippen molar-refractivity contribution in [2.75, 3.05) is 4.72 Å². The Hall–Kier alpha value is -3.52. The highest BCUT2D eigenvalue weighted by Crippen LogP contribution is 2.29. The first-order valence-corrected chi connectivity index (χ1v) is 9.53. The van der Waals surface area contributed by atoms with Crippen molar-refractivity contribution in [3.05, 3.63) is 79.1 Å². The van der Waals surface area contributed by atoms with Crippen LogP contribution in [0, 0.1) is 0 Å². The van der Waals surface area contributed by atoms with Gasteiger partial charge in [-0.05, 0) is 36.4 Å². The summed E-state index contributed by atoms with van der Waals surface area (Å²) in [5.41, 5.74) is 1.54. The van der Waals surface area contributed by atoms with Gasteiger partial charge in [-0.2, -0.15) is 4.98 Å². The molecule has 0 spiro atoms. The van der Waals surface area contributed by atoms with Gasteiger partial charge in [-0.25, -0.2) is 8.42 Å². The highest BCUT2D eigenvalue weighted by atomic mass is 32.2. The van der Waals surface area contributed by atoms with E-state index >= 15 is 0 Å². The van der Waals surface area contributed by atoms with Crippen LogP contribution in [0.15, 0.2) is 88.5 Å². The predicted octanol–water partition coefficient (Wildman–Crippen LogP) is 3.60. The molecule has 0 unspecified atom stereocenters. The fourth-order valence-electron chi connectivity index (χ4n) is 2.51. The second-order valence-electron chi connectivity index (χ2n) is 5.63. The van der Waals surface area contributed by atoms with E-state index in [2.05, 4.69) is 19.8 Å². The molecular formula is C19H14N4O3S. The Morgan fingerprint density at radius 1 is 0.889 bits per heavy atom. The van der Waals surface area contributed by atoms with E-state index in [-0.39, 0.29) is 10.8 Å². The first kappa shape index (κ1) is 16.9. The van der Waals surface area contributed by atoms with Crippen LogP contribution in [0.4, 0.5) is 5.69 Å². The molecule has 0 fully saturated rings. The van der Waals surface area contributed by atoms with Crippen LogP contribution < -0.4 is 4.72 Å². The maximum atomic E-state index is 12.6. The molecule has 0 atom stereocenters. The zero-order chi connectivity index (χ0) is 18.7. The molecule has 0 aliphatic rings. The molecule has 0 saturated heterocycles. The van der Waals surface area contributed by atoms with E-state index in [1.165, 1.54) is 12.1 Å². The Morgan fingerprint density at radius 2 is 1.67 bits per heavy atom. The number of nitrogens with zero attached hydrogens (tertiary/aromatic N) is 3. The van der Waals surface area contributed by atoms with Gasteiger partial charge in [-0.3, -0.25) is 9.71 Å². The van der Waals surface area contributed by atoms with Gasteiger partial charge in [0.25, 0.3) is 15.9 Å². The molecule has 2 heterocycles. The van der Waals surface area contributed by atoms with Crippen molar-refractivity contribution in [1.82, 2.24) is 15.1 Å². The van der Waals surface area contributed by atoms with Crippen LogP contribution in [-0.4, -0.2) is 23.5 Å². The van der Waals surface area contributed by atoms with Gasteiger partial charge in [0.05, 0.1) is 16.1 Å². The van der Waals surface area contributed by atoms with Crippen LogP contribution >= 0.6 is 0 Å². The molecule has 134 valence electrons. The Morgan fingerprint density at radius 3 is 2.44 bits per heavy atom. The zero-order valence-electron chi connectivity index (χ0n) is 14.0. The number of hydrogen-bond acceptors (Lipinski definition) is 6. The van der Waals surface area contributed by atoms with Crippen molar-refractivity contribution in [2.45, 2.75) is 4.90 Å². The second kappa shape index (κ2) is 7.00. The van der Waals surface area contributed by atoms with E-state index in [0.717, 1.165) is 0 Å². The predicted molar refractivity (Wildman–Crippen MR) is 100 cm³/mol. The lowest BCUT2D eigenvalue weighted by atomic mass is 10.2. The number of anilines is 1. The molecule has 0 radical (unpaired) electrons. The Balaban J connectivity index is 1.70. The molecule has 0 aliphatic heterocycles. The van der Waals surface area contributed by atoms with Crippen molar-refractivity contribution in [1.29, 1.82) is 0 Å². The summed E-state index contributed by atoms with van der Waals surface area (Å²) in [6, 6.07) is 18.6. The van der Waals surface area contributed by atoms with Gasteiger partial charge in [0.1, 0.15) is 0 Å². The average Bonchev–Trinajstić information content (AvgIpc) is 3.20. The van der Waals surface area contributed by atoms with Crippen molar-refractivity contribution in [3.8, 4) is 22.8 Å². The summed E-state index contributed by atoms with van der Waals surface area (Å²) >= 11 is 0. The largest absolute Gasteiger partial charge is 0.334 e. The third-order valence-corrected chi connectivity index (χ3v) is 5.18. The van der Waals surface area contributed by atoms with Crippen molar-refractivity contribution in [3.63, 3.8) is 0 Å². The number of benzene rings is 2. The molecule has 4 aromatic rings. The maximum Gasteiger partial charge on any atom is 0.261 e. The normalized spacial score (nSPS) is 11.3. The highest BCUT2D eigenvalue weighted by molar-refractivity contribution is 7.92. The van der Waals surface area contributed by atoms with E-state index in [1.54, 1.807) is 60.9 Å². The van der Waals surface area contributed by atoms with Crippen LogP contribution in [0.2, 0.25) is 0 Å². The minimum absolute atomic E-state index is 0.168. The first-order chi connectivity index (χ1) is 13.1. The number of nitrogens with one attached hydrogen (secondary N) is 1. The van der Waals surface area contributed by atoms with Gasteiger partial charge >= 0.3 is 0 Å². The van der Waals surface area contributed by atoms with Gasteiger partial charge in [0.15, 0.2) is 0 Å². The average molecular weight is 378 g/mol. The van der Waals surface area contributed by atoms with E-state index in [1.807, 2.05) is 6.07 Å². The van der Waals surface area contributed by atoms with Crippen molar-refractivity contribution in [2.24, 2.45) is 0 Å². The number of hydrogen-bond donors (Lipinski definition) is 1. The molecule has 4 rings (SSSR count). The first-order valence-electron chi connectivity index (χ1n) is 8.05. The Kier molecular flexibility index (Phi) is 4.39. The number of pyridine rings is 1. The third-order valence-electron chi connectivity index (χ3n) is 3.80. The lowest BCUT2D eigenvalue weighted by Gasteiger charge is -2.10. The van der Waals surface area contributed by atoms with Crippen LogP contribution in [0.25, 0.3) is 22.8 Å². The highest BCUT2D eigenvalue weighted by Gasteiger charge is 2.19. The molecule has 2 aromatic carbocycles. The molecule has 1 N–H and O–H groups in total. The van der Waals surface area contributed by atoms with Gasteiger partial charge in [0.2, 0.25) is 5.82 Å². The summed E-state index contributed by atoms with van der Waals surface area (Å²) in [5.74, 6) is 0.582. The number of rotatable bonds is 5. The topological polar surface area (TPSA) is 98.0 Å². The molecule has 0 aliphatic carbocycles. The van der Waals surface area contributed by atoms with Gasteiger partial charge in [-0.1, -0.05) is 35.5 Å². The van der Waals surface area contributed by atoms with Crippen molar-refractivity contribution >= 4 is 15.7 Å². The summed E-state index contributed by atoms with van der Waals surface area (Å²) < 4.78 is 33.2. The lowest BCUT2D eigenvalue weighted by Crippen LogP contribution is -2.13. The standard InChI is InChI=1S/C19H14N4O3S/c24-27(25,15-8-2-1-3-9-15)23-17-11-5-4-10-16(17)19-21-18(22-26-19)14-7-6-12-20-13-14/h1-13,23H. The summed E-state index contributed by atoms with van der Waals surface area (Å²) in [6.07, 6.45) is 3.27. The fraction of sp³-hybridized carbons (Fsp3) is 0. The number of sulfonamides is 1. The minimum Gasteiger partial charge on any atom is -0.334 e. The SMILES string of the molecule is O=S(=O)(Nc1ccccc1-c1nc(-c2cccnc2)no1)c1ccccc1. The Bertz CT molecular complexity index is 1160. The van der Waals surface area contributed by atoms with Crippen LogP contribution in [-0.2, 0) is 10.0 Å². The van der Waals surface area contributed by atoms with E-state index in [4.69, 9.17) is 4.52 Å². The van der Waals surface area contributed by atoms with Gasteiger partial charge in [0, 0.05) is 18.0 Å². The molecule has 0 amide bonds. The van der Waals surface area contributed by atoms with Crippen molar-refractivity contribution < 1.29 is 12.9 Å². The molecule has 7 nitrogen and oxygen atoms in total. The van der Waals surface area contributed by atoms with Crippen LogP contribution in [0.3, 0.4) is 0 Å². The molecule has 27 heavy (non-hydrogen) atoms. The monoisotopic (exact) mass is 378 g/mol. The van der Waals surface area contributed by atoms with Crippen LogP contribution in [0.5, 0.6) is 0 Å². The second-order valence-corrected chi connectivity index (χ2v) is 7.31.